The second kappa shape index (κ2) is 6.66. The van der Waals surface area contributed by atoms with Crippen LogP contribution in [0.2, 0.25) is 5.02 Å². The molecule has 138 valence electrons. The molecule has 6 heteroatoms. The van der Waals surface area contributed by atoms with Crippen LogP contribution in [-0.4, -0.2) is 32.5 Å². The van der Waals surface area contributed by atoms with Crippen LogP contribution in [0.3, 0.4) is 0 Å². The summed E-state index contributed by atoms with van der Waals surface area (Å²) in [6, 6.07) is 13.9. The molecule has 2 aromatic heterocycles. The van der Waals surface area contributed by atoms with Crippen molar-refractivity contribution in [3.63, 3.8) is 0 Å². The molecule has 1 saturated heterocycles. The van der Waals surface area contributed by atoms with Gasteiger partial charge < -0.3 is 8.98 Å². The number of imidazole rings is 1. The van der Waals surface area contributed by atoms with Gasteiger partial charge >= 0.3 is 0 Å². The van der Waals surface area contributed by atoms with Crippen molar-refractivity contribution in [3.05, 3.63) is 59.2 Å². The number of hydrogen-bond acceptors (Lipinski definition) is 4. The van der Waals surface area contributed by atoms with Crippen LogP contribution >= 0.6 is 11.6 Å². The lowest BCUT2D eigenvalue weighted by Gasteiger charge is -2.30. The standard InChI is InChI=1S/C21H21ClN4O/c1-25-18-9-8-15(22)11-17(18)23-20(25)13-26-10-4-5-14(12-26)21-24-16-6-2-3-7-19(16)27-21/h2-3,6-9,11,14H,4-5,10,12-13H2,1H3/t14-/m0/s1. The normalized spacial score (nSPS) is 18.5. The number of rotatable bonds is 3. The minimum absolute atomic E-state index is 0.329. The molecular weight excluding hydrogens is 360 g/mol. The van der Waals surface area contributed by atoms with Crippen molar-refractivity contribution in [2.24, 2.45) is 7.05 Å². The van der Waals surface area contributed by atoms with Gasteiger partial charge in [0, 0.05) is 24.5 Å². The van der Waals surface area contributed by atoms with E-state index in [2.05, 4.69) is 16.5 Å². The molecule has 5 rings (SSSR count). The number of aryl methyl sites for hydroxylation is 1. The average molecular weight is 381 g/mol. The maximum Gasteiger partial charge on any atom is 0.199 e. The largest absolute Gasteiger partial charge is 0.440 e. The Hall–Kier alpha value is -2.37. The highest BCUT2D eigenvalue weighted by Crippen LogP contribution is 2.30. The van der Waals surface area contributed by atoms with E-state index < -0.39 is 0 Å². The number of aromatic nitrogens is 3. The van der Waals surface area contributed by atoms with E-state index in [1.54, 1.807) is 0 Å². The first-order valence-electron chi connectivity index (χ1n) is 9.36. The number of halogens is 1. The van der Waals surface area contributed by atoms with Gasteiger partial charge in [-0.1, -0.05) is 23.7 Å². The van der Waals surface area contributed by atoms with Crippen molar-refractivity contribution in [2.45, 2.75) is 25.3 Å². The van der Waals surface area contributed by atoms with Gasteiger partial charge in [0.1, 0.15) is 11.3 Å². The van der Waals surface area contributed by atoms with Crippen LogP contribution in [0.5, 0.6) is 0 Å². The highest BCUT2D eigenvalue weighted by molar-refractivity contribution is 6.31. The molecule has 0 saturated carbocycles. The summed E-state index contributed by atoms with van der Waals surface area (Å²) in [6.07, 6.45) is 2.25. The first-order valence-corrected chi connectivity index (χ1v) is 9.74. The molecule has 0 unspecified atom stereocenters. The lowest BCUT2D eigenvalue weighted by Crippen LogP contribution is -2.34. The Morgan fingerprint density at radius 1 is 1.15 bits per heavy atom. The predicted octanol–water partition coefficient (Wildman–Crippen LogP) is 4.75. The molecule has 2 aromatic carbocycles. The zero-order valence-corrected chi connectivity index (χ0v) is 16.0. The molecule has 1 aliphatic heterocycles. The minimum Gasteiger partial charge on any atom is -0.440 e. The van der Waals surface area contributed by atoms with E-state index in [1.807, 2.05) is 42.5 Å². The number of piperidine rings is 1. The zero-order valence-electron chi connectivity index (χ0n) is 15.2. The number of hydrogen-bond donors (Lipinski definition) is 0. The predicted molar refractivity (Wildman–Crippen MR) is 107 cm³/mol. The van der Waals surface area contributed by atoms with E-state index in [-0.39, 0.29) is 0 Å². The summed E-state index contributed by atoms with van der Waals surface area (Å²) in [5, 5.41) is 0.723. The van der Waals surface area contributed by atoms with E-state index in [0.717, 1.165) is 71.3 Å². The van der Waals surface area contributed by atoms with Crippen molar-refractivity contribution >= 4 is 33.7 Å². The molecule has 0 radical (unpaired) electrons. The highest BCUT2D eigenvalue weighted by Gasteiger charge is 2.26. The monoisotopic (exact) mass is 380 g/mol. The SMILES string of the molecule is Cn1c(CN2CCC[C@H](c3nc4ccccc4o3)C2)nc2cc(Cl)ccc21. The maximum atomic E-state index is 6.12. The van der Waals surface area contributed by atoms with Crippen LogP contribution in [-0.2, 0) is 13.6 Å². The summed E-state index contributed by atoms with van der Waals surface area (Å²) in [5.41, 5.74) is 3.88. The van der Waals surface area contributed by atoms with Crippen LogP contribution in [0.4, 0.5) is 0 Å². The third-order valence-corrected chi connectivity index (χ3v) is 5.70. The second-order valence-corrected chi connectivity index (χ2v) is 7.75. The van der Waals surface area contributed by atoms with Crippen LogP contribution in [0.15, 0.2) is 46.9 Å². The van der Waals surface area contributed by atoms with E-state index in [4.69, 9.17) is 26.0 Å². The Bertz CT molecular complexity index is 1080. The third kappa shape index (κ3) is 3.11. The fourth-order valence-corrected chi connectivity index (χ4v) is 4.20. The minimum atomic E-state index is 0.329. The first kappa shape index (κ1) is 16.8. The van der Waals surface area contributed by atoms with Gasteiger partial charge in [0.2, 0.25) is 0 Å². The lowest BCUT2D eigenvalue weighted by molar-refractivity contribution is 0.182. The van der Waals surface area contributed by atoms with Crippen molar-refractivity contribution in [1.82, 2.24) is 19.4 Å². The van der Waals surface area contributed by atoms with Crippen molar-refractivity contribution in [3.8, 4) is 0 Å². The smallest absolute Gasteiger partial charge is 0.199 e. The molecule has 4 aromatic rings. The van der Waals surface area contributed by atoms with Gasteiger partial charge in [0.05, 0.1) is 17.6 Å². The molecule has 0 N–H and O–H groups in total. The van der Waals surface area contributed by atoms with Crippen molar-refractivity contribution < 1.29 is 4.42 Å². The molecule has 27 heavy (non-hydrogen) atoms. The van der Waals surface area contributed by atoms with Crippen LogP contribution in [0.25, 0.3) is 22.1 Å². The molecule has 0 amide bonds. The molecule has 3 heterocycles. The molecule has 1 aliphatic rings. The first-order chi connectivity index (χ1) is 13.2. The fourth-order valence-electron chi connectivity index (χ4n) is 4.03. The summed E-state index contributed by atoms with van der Waals surface area (Å²) in [6.45, 7) is 2.83. The summed E-state index contributed by atoms with van der Waals surface area (Å²) in [4.78, 5) is 12.0. The number of likely N-dealkylation sites (tertiary alicyclic amines) is 1. The topological polar surface area (TPSA) is 47.1 Å². The van der Waals surface area contributed by atoms with Gasteiger partial charge in [-0.2, -0.15) is 0 Å². The van der Waals surface area contributed by atoms with Gasteiger partial charge in [0.25, 0.3) is 0 Å². The molecule has 0 bridgehead atoms. The Morgan fingerprint density at radius 2 is 2.04 bits per heavy atom. The molecule has 0 aliphatic carbocycles. The quantitative estimate of drug-likeness (QED) is 0.514. The van der Waals surface area contributed by atoms with Crippen LogP contribution in [0.1, 0.15) is 30.5 Å². The van der Waals surface area contributed by atoms with Gasteiger partial charge in [-0.05, 0) is 49.7 Å². The van der Waals surface area contributed by atoms with Gasteiger partial charge in [-0.15, -0.1) is 0 Å². The summed E-state index contributed by atoms with van der Waals surface area (Å²) >= 11 is 6.12. The summed E-state index contributed by atoms with van der Waals surface area (Å²) in [5.74, 6) is 2.25. The molecule has 1 fully saturated rings. The number of para-hydroxylation sites is 2. The van der Waals surface area contributed by atoms with E-state index in [1.165, 1.54) is 0 Å². The van der Waals surface area contributed by atoms with Gasteiger partial charge in [-0.3, -0.25) is 4.90 Å². The summed E-state index contributed by atoms with van der Waals surface area (Å²) in [7, 11) is 2.07. The van der Waals surface area contributed by atoms with E-state index >= 15 is 0 Å². The average Bonchev–Trinajstić information content (AvgIpc) is 3.23. The van der Waals surface area contributed by atoms with Crippen LogP contribution < -0.4 is 0 Å². The van der Waals surface area contributed by atoms with Crippen LogP contribution in [0, 0.1) is 0 Å². The molecule has 5 nitrogen and oxygen atoms in total. The van der Waals surface area contributed by atoms with Crippen molar-refractivity contribution in [1.29, 1.82) is 0 Å². The highest BCUT2D eigenvalue weighted by atomic mass is 35.5. The van der Waals surface area contributed by atoms with Gasteiger partial charge in [-0.25, -0.2) is 9.97 Å². The van der Waals surface area contributed by atoms with E-state index in [0.29, 0.717) is 5.92 Å². The zero-order chi connectivity index (χ0) is 18.4. The maximum absolute atomic E-state index is 6.12. The second-order valence-electron chi connectivity index (χ2n) is 7.31. The number of benzene rings is 2. The molecule has 1 atom stereocenters. The molecular formula is C21H21ClN4O. The lowest BCUT2D eigenvalue weighted by atomic mass is 9.98. The Labute approximate surface area is 162 Å². The number of fused-ring (bicyclic) bond motifs is 2. The van der Waals surface area contributed by atoms with Crippen molar-refractivity contribution in [2.75, 3.05) is 13.1 Å². The van der Waals surface area contributed by atoms with Gasteiger partial charge in [0.15, 0.2) is 11.5 Å². The summed E-state index contributed by atoms with van der Waals surface area (Å²) < 4.78 is 8.18. The number of oxazole rings is 1. The molecule has 0 spiro atoms. The third-order valence-electron chi connectivity index (χ3n) is 5.47. The Balaban J connectivity index is 1.37. The Morgan fingerprint density at radius 3 is 2.93 bits per heavy atom. The number of nitrogens with zero attached hydrogens (tertiary/aromatic N) is 4. The fraction of sp³-hybridized carbons (Fsp3) is 0.333. The Kier molecular flexibility index (Phi) is 4.14. The van der Waals surface area contributed by atoms with E-state index in [9.17, 15) is 0 Å².